The van der Waals surface area contributed by atoms with E-state index in [0.29, 0.717) is 12.2 Å². The lowest BCUT2D eigenvalue weighted by molar-refractivity contribution is 0.201. The Labute approximate surface area is 104 Å². The number of aromatic nitrogens is 2. The molecule has 0 spiro atoms. The second kappa shape index (κ2) is 5.27. The van der Waals surface area contributed by atoms with Crippen LogP contribution in [-0.2, 0) is 6.54 Å². The van der Waals surface area contributed by atoms with Crippen molar-refractivity contribution in [3.8, 4) is 0 Å². The third-order valence-electron chi connectivity index (χ3n) is 2.74. The zero-order chi connectivity index (χ0) is 13.1. The molecule has 1 heterocycles. The van der Waals surface area contributed by atoms with Gasteiger partial charge in [0.25, 0.3) is 0 Å². The van der Waals surface area contributed by atoms with Gasteiger partial charge >= 0.3 is 0 Å². The van der Waals surface area contributed by atoms with Gasteiger partial charge in [-0.2, -0.15) is 5.10 Å². The van der Waals surface area contributed by atoms with Crippen LogP contribution in [0.3, 0.4) is 0 Å². The van der Waals surface area contributed by atoms with Gasteiger partial charge in [0, 0.05) is 18.3 Å². The van der Waals surface area contributed by atoms with E-state index in [1.807, 2.05) is 6.92 Å². The smallest absolute Gasteiger partial charge is 0.165 e. The van der Waals surface area contributed by atoms with Gasteiger partial charge in [-0.1, -0.05) is 19.1 Å². The SMILES string of the molecule is CCCn1nccc1C(O)c1cccc(F)c1F. The molecule has 0 radical (unpaired) electrons. The van der Waals surface area contributed by atoms with Crippen LogP contribution in [0, 0.1) is 11.6 Å². The van der Waals surface area contributed by atoms with E-state index in [4.69, 9.17) is 0 Å². The predicted molar refractivity (Wildman–Crippen MR) is 62.9 cm³/mol. The fourth-order valence-corrected chi connectivity index (χ4v) is 1.86. The quantitative estimate of drug-likeness (QED) is 0.908. The Bertz CT molecular complexity index is 540. The van der Waals surface area contributed by atoms with Gasteiger partial charge in [-0.25, -0.2) is 8.78 Å². The molecule has 0 saturated carbocycles. The summed E-state index contributed by atoms with van der Waals surface area (Å²) in [6.45, 7) is 2.59. The van der Waals surface area contributed by atoms with Gasteiger partial charge in [0.2, 0.25) is 0 Å². The van der Waals surface area contributed by atoms with Crippen LogP contribution >= 0.6 is 0 Å². The number of aliphatic hydroxyl groups is 1. The van der Waals surface area contributed by atoms with Gasteiger partial charge in [0.1, 0.15) is 6.10 Å². The number of aryl methyl sites for hydroxylation is 1. The Hall–Kier alpha value is -1.75. The molecule has 0 aliphatic rings. The highest BCUT2D eigenvalue weighted by Crippen LogP contribution is 2.25. The second-order valence-electron chi connectivity index (χ2n) is 4.02. The standard InChI is InChI=1S/C13H14F2N2O/c1-2-8-17-11(6-7-16-17)13(18)9-4-3-5-10(14)12(9)15/h3-7,13,18H,2,8H2,1H3. The first-order valence-electron chi connectivity index (χ1n) is 5.78. The summed E-state index contributed by atoms with van der Waals surface area (Å²) in [4.78, 5) is 0. The van der Waals surface area contributed by atoms with Gasteiger partial charge in [0.15, 0.2) is 11.6 Å². The molecule has 0 fully saturated rings. The normalized spacial score (nSPS) is 12.7. The molecule has 3 nitrogen and oxygen atoms in total. The van der Waals surface area contributed by atoms with Crippen LogP contribution in [0.25, 0.3) is 0 Å². The minimum atomic E-state index is -1.21. The lowest BCUT2D eigenvalue weighted by Gasteiger charge is -2.14. The number of halogens is 2. The van der Waals surface area contributed by atoms with Gasteiger partial charge in [-0.15, -0.1) is 0 Å². The summed E-state index contributed by atoms with van der Waals surface area (Å²) in [5.41, 5.74) is 0.384. The molecule has 0 aliphatic heterocycles. The molecule has 1 aromatic heterocycles. The maximum Gasteiger partial charge on any atom is 0.165 e. The molecule has 18 heavy (non-hydrogen) atoms. The second-order valence-corrected chi connectivity index (χ2v) is 4.02. The minimum absolute atomic E-state index is 0.0761. The number of benzene rings is 1. The zero-order valence-electron chi connectivity index (χ0n) is 9.98. The number of nitrogens with zero attached hydrogens (tertiary/aromatic N) is 2. The first-order valence-corrected chi connectivity index (χ1v) is 5.78. The summed E-state index contributed by atoms with van der Waals surface area (Å²) in [6.07, 6.45) is 1.16. The van der Waals surface area contributed by atoms with Crippen molar-refractivity contribution < 1.29 is 13.9 Å². The maximum atomic E-state index is 13.6. The van der Waals surface area contributed by atoms with Crippen molar-refractivity contribution in [2.75, 3.05) is 0 Å². The number of aliphatic hydroxyl groups excluding tert-OH is 1. The summed E-state index contributed by atoms with van der Waals surface area (Å²) in [7, 11) is 0. The highest BCUT2D eigenvalue weighted by molar-refractivity contribution is 5.27. The van der Waals surface area contributed by atoms with Gasteiger partial charge < -0.3 is 5.11 Å². The van der Waals surface area contributed by atoms with Crippen LogP contribution in [0.2, 0.25) is 0 Å². The summed E-state index contributed by atoms with van der Waals surface area (Å²) in [6, 6.07) is 5.36. The van der Waals surface area contributed by atoms with E-state index in [1.54, 1.807) is 10.7 Å². The molecule has 1 unspecified atom stereocenters. The van der Waals surface area contributed by atoms with Gasteiger partial charge in [-0.3, -0.25) is 4.68 Å². The maximum absolute atomic E-state index is 13.6. The minimum Gasteiger partial charge on any atom is -0.382 e. The highest BCUT2D eigenvalue weighted by atomic mass is 19.2. The lowest BCUT2D eigenvalue weighted by atomic mass is 10.1. The third kappa shape index (κ3) is 2.26. The predicted octanol–water partition coefficient (Wildman–Crippen LogP) is 2.65. The molecule has 1 atom stereocenters. The Kier molecular flexibility index (Phi) is 3.72. The van der Waals surface area contributed by atoms with E-state index in [1.165, 1.54) is 18.3 Å². The van der Waals surface area contributed by atoms with Crippen molar-refractivity contribution in [1.29, 1.82) is 0 Å². The molecule has 1 aromatic carbocycles. The molecule has 1 N–H and O–H groups in total. The highest BCUT2D eigenvalue weighted by Gasteiger charge is 2.20. The summed E-state index contributed by atoms with van der Waals surface area (Å²) in [5, 5.41) is 14.2. The first-order chi connectivity index (χ1) is 8.65. The van der Waals surface area contributed by atoms with E-state index in [-0.39, 0.29) is 5.56 Å². The third-order valence-corrected chi connectivity index (χ3v) is 2.74. The van der Waals surface area contributed by atoms with Crippen LogP contribution in [-0.4, -0.2) is 14.9 Å². The van der Waals surface area contributed by atoms with E-state index >= 15 is 0 Å². The topological polar surface area (TPSA) is 38.0 Å². The fraction of sp³-hybridized carbons (Fsp3) is 0.308. The molecule has 2 rings (SSSR count). The molecular weight excluding hydrogens is 238 g/mol. The molecular formula is C13H14F2N2O. The Morgan fingerprint density at radius 2 is 2.11 bits per heavy atom. The van der Waals surface area contributed by atoms with E-state index in [9.17, 15) is 13.9 Å². The number of hydrogen-bond donors (Lipinski definition) is 1. The van der Waals surface area contributed by atoms with Crippen molar-refractivity contribution in [3.05, 3.63) is 53.4 Å². The number of rotatable bonds is 4. The molecule has 0 saturated heterocycles. The van der Waals surface area contributed by atoms with Crippen LogP contribution in [0.5, 0.6) is 0 Å². The Balaban J connectivity index is 2.38. The summed E-state index contributed by atoms with van der Waals surface area (Å²) in [5.74, 6) is -1.98. The Morgan fingerprint density at radius 1 is 1.33 bits per heavy atom. The van der Waals surface area contributed by atoms with Crippen molar-refractivity contribution in [2.45, 2.75) is 26.0 Å². The molecule has 5 heteroatoms. The van der Waals surface area contributed by atoms with E-state index in [0.717, 1.165) is 12.5 Å². The first kappa shape index (κ1) is 12.7. The molecule has 0 amide bonds. The molecule has 0 bridgehead atoms. The zero-order valence-corrected chi connectivity index (χ0v) is 9.98. The van der Waals surface area contributed by atoms with Gasteiger partial charge in [0.05, 0.1) is 5.69 Å². The summed E-state index contributed by atoms with van der Waals surface area (Å²) < 4.78 is 28.3. The molecule has 2 aromatic rings. The largest absolute Gasteiger partial charge is 0.382 e. The van der Waals surface area contributed by atoms with Crippen LogP contribution in [0.1, 0.15) is 30.7 Å². The van der Waals surface area contributed by atoms with Crippen molar-refractivity contribution in [2.24, 2.45) is 0 Å². The average molecular weight is 252 g/mol. The van der Waals surface area contributed by atoms with Crippen LogP contribution < -0.4 is 0 Å². The Morgan fingerprint density at radius 3 is 2.83 bits per heavy atom. The van der Waals surface area contributed by atoms with Crippen LogP contribution in [0.15, 0.2) is 30.5 Å². The van der Waals surface area contributed by atoms with Crippen molar-refractivity contribution in [1.82, 2.24) is 9.78 Å². The molecule has 96 valence electrons. The number of hydrogen-bond acceptors (Lipinski definition) is 2. The monoisotopic (exact) mass is 252 g/mol. The lowest BCUT2D eigenvalue weighted by Crippen LogP contribution is -2.11. The van der Waals surface area contributed by atoms with E-state index < -0.39 is 17.7 Å². The van der Waals surface area contributed by atoms with Crippen LogP contribution in [0.4, 0.5) is 8.78 Å². The van der Waals surface area contributed by atoms with Crippen molar-refractivity contribution in [3.63, 3.8) is 0 Å². The molecule has 0 aliphatic carbocycles. The van der Waals surface area contributed by atoms with E-state index in [2.05, 4.69) is 5.10 Å². The van der Waals surface area contributed by atoms with Crippen molar-refractivity contribution >= 4 is 0 Å². The average Bonchev–Trinajstić information content (AvgIpc) is 2.80. The fourth-order valence-electron chi connectivity index (χ4n) is 1.86. The summed E-state index contributed by atoms with van der Waals surface area (Å²) >= 11 is 0. The van der Waals surface area contributed by atoms with Gasteiger partial charge in [-0.05, 0) is 18.6 Å².